The molecule has 0 spiro atoms. The van der Waals surface area contributed by atoms with Crippen LogP contribution in [0.25, 0.3) is 0 Å². The summed E-state index contributed by atoms with van der Waals surface area (Å²) in [5.74, 6) is 3.00. The first-order valence-electron chi connectivity index (χ1n) is 10.1. The highest BCUT2D eigenvalue weighted by molar-refractivity contribution is 5.83. The number of rotatable bonds is 5. The number of anilines is 1. The number of amides is 1. The number of hydrogen-bond donors (Lipinski definition) is 0. The van der Waals surface area contributed by atoms with Crippen LogP contribution >= 0.6 is 0 Å². The normalized spacial score (nSPS) is 21.4. The van der Waals surface area contributed by atoms with Crippen LogP contribution in [0.4, 0.5) is 5.82 Å². The van der Waals surface area contributed by atoms with E-state index < -0.39 is 6.10 Å². The molecule has 0 radical (unpaired) electrons. The number of hydrogen-bond acceptors (Lipinski definition) is 6. The molecule has 3 fully saturated rings. The van der Waals surface area contributed by atoms with Crippen molar-refractivity contribution in [3.63, 3.8) is 0 Å². The summed E-state index contributed by atoms with van der Waals surface area (Å²) in [5, 5.41) is 0. The first-order valence-corrected chi connectivity index (χ1v) is 10.1. The van der Waals surface area contributed by atoms with Crippen LogP contribution in [-0.2, 0) is 4.79 Å². The molecule has 0 saturated carbocycles. The van der Waals surface area contributed by atoms with Gasteiger partial charge in [0.05, 0.1) is 19.2 Å². The third-order valence-electron chi connectivity index (χ3n) is 5.69. The fourth-order valence-electron chi connectivity index (χ4n) is 4.34. The summed E-state index contributed by atoms with van der Waals surface area (Å²) in [6, 6.07) is 8.13. The fraction of sp³-hybridized carbons (Fsp3) is 0.500. The van der Waals surface area contributed by atoms with E-state index in [1.807, 2.05) is 56.9 Å². The first kappa shape index (κ1) is 19.5. The van der Waals surface area contributed by atoms with Crippen LogP contribution in [0.15, 0.2) is 24.3 Å². The zero-order valence-electron chi connectivity index (χ0n) is 17.7. The zero-order chi connectivity index (χ0) is 20.7. The summed E-state index contributed by atoms with van der Waals surface area (Å²) >= 11 is 0. The van der Waals surface area contributed by atoms with Crippen LogP contribution in [0, 0.1) is 20.8 Å². The number of carbonyl (C=O) groups is 1. The van der Waals surface area contributed by atoms with Gasteiger partial charge in [-0.3, -0.25) is 4.79 Å². The Hall–Kier alpha value is -2.83. The maximum Gasteiger partial charge on any atom is 0.263 e. The van der Waals surface area contributed by atoms with E-state index in [-0.39, 0.29) is 18.0 Å². The molecule has 1 aromatic heterocycles. The molecule has 3 saturated heterocycles. The Morgan fingerprint density at radius 2 is 1.83 bits per heavy atom. The lowest BCUT2D eigenvalue weighted by atomic mass is 9.86. The molecule has 1 amide bonds. The molecule has 4 heterocycles. The lowest BCUT2D eigenvalue weighted by Crippen LogP contribution is -2.71. The molecule has 2 aromatic rings. The van der Waals surface area contributed by atoms with Crippen LogP contribution in [0.2, 0.25) is 0 Å². The molecule has 7 nitrogen and oxygen atoms in total. The van der Waals surface area contributed by atoms with Crippen molar-refractivity contribution < 1.29 is 14.3 Å². The van der Waals surface area contributed by atoms with E-state index in [0.717, 1.165) is 42.4 Å². The number of carbonyl (C=O) groups excluding carboxylic acids is 1. The van der Waals surface area contributed by atoms with Crippen molar-refractivity contribution in [2.75, 3.05) is 25.1 Å². The molecule has 1 aromatic carbocycles. The van der Waals surface area contributed by atoms with Gasteiger partial charge in [0.2, 0.25) is 0 Å². The number of ether oxygens (including phenoxy) is 2. The molecule has 3 aliphatic heterocycles. The van der Waals surface area contributed by atoms with Crippen molar-refractivity contribution in [3.8, 4) is 11.5 Å². The predicted molar refractivity (Wildman–Crippen MR) is 111 cm³/mol. The summed E-state index contributed by atoms with van der Waals surface area (Å²) in [5.41, 5.74) is 2.05. The van der Waals surface area contributed by atoms with Gasteiger partial charge in [-0.2, -0.15) is 0 Å². The molecule has 3 atom stereocenters. The fourth-order valence-corrected chi connectivity index (χ4v) is 4.34. The van der Waals surface area contributed by atoms with Crippen molar-refractivity contribution in [2.24, 2.45) is 0 Å². The Morgan fingerprint density at radius 3 is 2.48 bits per heavy atom. The molecule has 29 heavy (non-hydrogen) atoms. The second-order valence-electron chi connectivity index (χ2n) is 8.02. The Kier molecular flexibility index (Phi) is 5.06. The SMILES string of the molecule is COc1cc(C)ccc1OC(C)C(=O)N1C2CC1CN(c1cc(C)nc(C)n1)C2. The average Bonchev–Trinajstić information content (AvgIpc) is 2.68. The maximum atomic E-state index is 13.1. The van der Waals surface area contributed by atoms with Gasteiger partial charge in [-0.1, -0.05) is 6.07 Å². The number of piperazine rings is 1. The lowest BCUT2D eigenvalue weighted by molar-refractivity contribution is -0.153. The largest absolute Gasteiger partial charge is 0.493 e. The molecule has 3 aliphatic rings. The average molecular weight is 396 g/mol. The van der Waals surface area contributed by atoms with E-state index in [2.05, 4.69) is 14.9 Å². The topological polar surface area (TPSA) is 67.8 Å². The van der Waals surface area contributed by atoms with Crippen LogP contribution < -0.4 is 14.4 Å². The summed E-state index contributed by atoms with van der Waals surface area (Å²) in [6.45, 7) is 9.28. The predicted octanol–water partition coefficient (Wildman–Crippen LogP) is 2.67. The van der Waals surface area contributed by atoms with Gasteiger partial charge < -0.3 is 19.3 Å². The number of fused-ring (bicyclic) bond motifs is 2. The van der Waals surface area contributed by atoms with Crippen LogP contribution in [0.1, 0.15) is 30.4 Å². The lowest BCUT2D eigenvalue weighted by Gasteiger charge is -2.57. The molecular formula is C22H28N4O3. The standard InChI is InChI=1S/C22H28N4O3/c1-13-6-7-19(20(8-13)28-5)29-15(3)22(27)26-17-10-18(26)12-25(11-17)21-9-14(2)23-16(4)24-21/h6-9,15,17-18H,10-12H2,1-5H3. The quantitative estimate of drug-likeness (QED) is 0.774. The van der Waals surface area contributed by atoms with Crippen LogP contribution in [0.5, 0.6) is 11.5 Å². The van der Waals surface area contributed by atoms with E-state index in [1.165, 1.54) is 0 Å². The maximum absolute atomic E-state index is 13.1. The molecule has 5 rings (SSSR count). The Bertz CT molecular complexity index is 900. The summed E-state index contributed by atoms with van der Waals surface area (Å²) in [6.07, 6.45) is 0.471. The number of aromatic nitrogens is 2. The van der Waals surface area contributed by atoms with Gasteiger partial charge in [0.1, 0.15) is 11.6 Å². The number of piperidine rings is 1. The van der Waals surface area contributed by atoms with E-state index in [1.54, 1.807) is 7.11 Å². The number of methoxy groups -OCH3 is 1. The molecule has 0 aliphatic carbocycles. The van der Waals surface area contributed by atoms with Gasteiger partial charge in [-0.05, 0) is 51.8 Å². The van der Waals surface area contributed by atoms with Crippen molar-refractivity contribution in [1.29, 1.82) is 0 Å². The second kappa shape index (κ2) is 7.54. The van der Waals surface area contributed by atoms with E-state index in [9.17, 15) is 4.79 Å². The minimum Gasteiger partial charge on any atom is -0.493 e. The van der Waals surface area contributed by atoms with Gasteiger partial charge in [0.15, 0.2) is 17.6 Å². The summed E-state index contributed by atoms with van der Waals surface area (Å²) in [4.78, 5) is 26.3. The molecule has 3 unspecified atom stereocenters. The van der Waals surface area contributed by atoms with Gasteiger partial charge >= 0.3 is 0 Å². The van der Waals surface area contributed by atoms with Gasteiger partial charge in [0, 0.05) is 24.8 Å². The highest BCUT2D eigenvalue weighted by Crippen LogP contribution is 2.36. The minimum absolute atomic E-state index is 0.0311. The van der Waals surface area contributed by atoms with E-state index in [0.29, 0.717) is 11.5 Å². The summed E-state index contributed by atoms with van der Waals surface area (Å²) < 4.78 is 11.4. The minimum atomic E-state index is -0.563. The van der Waals surface area contributed by atoms with Crippen LogP contribution in [0.3, 0.4) is 0 Å². The Morgan fingerprint density at radius 1 is 1.10 bits per heavy atom. The molecule has 7 heteroatoms. The highest BCUT2D eigenvalue weighted by atomic mass is 16.5. The van der Waals surface area contributed by atoms with Gasteiger partial charge in [-0.25, -0.2) is 9.97 Å². The number of nitrogens with zero attached hydrogens (tertiary/aromatic N) is 4. The summed E-state index contributed by atoms with van der Waals surface area (Å²) in [7, 11) is 1.61. The van der Waals surface area contributed by atoms with Gasteiger partial charge in [0.25, 0.3) is 5.91 Å². The molecule has 0 N–H and O–H groups in total. The van der Waals surface area contributed by atoms with Crippen LogP contribution in [-0.4, -0.2) is 59.2 Å². The number of benzene rings is 1. The van der Waals surface area contributed by atoms with E-state index >= 15 is 0 Å². The van der Waals surface area contributed by atoms with Crippen molar-refractivity contribution in [2.45, 2.75) is 52.3 Å². The smallest absolute Gasteiger partial charge is 0.263 e. The van der Waals surface area contributed by atoms with Crippen molar-refractivity contribution >= 4 is 11.7 Å². The second-order valence-corrected chi connectivity index (χ2v) is 8.02. The third-order valence-corrected chi connectivity index (χ3v) is 5.69. The molecule has 2 bridgehead atoms. The molecule has 154 valence electrons. The van der Waals surface area contributed by atoms with Crippen molar-refractivity contribution in [3.05, 3.63) is 41.3 Å². The first-order chi connectivity index (χ1) is 13.9. The Labute approximate surface area is 171 Å². The number of aryl methyl sites for hydroxylation is 3. The third kappa shape index (κ3) is 3.73. The monoisotopic (exact) mass is 396 g/mol. The molecular weight excluding hydrogens is 368 g/mol. The van der Waals surface area contributed by atoms with Crippen molar-refractivity contribution in [1.82, 2.24) is 14.9 Å². The van der Waals surface area contributed by atoms with Gasteiger partial charge in [-0.15, -0.1) is 0 Å². The van der Waals surface area contributed by atoms with E-state index in [4.69, 9.17) is 9.47 Å². The zero-order valence-corrected chi connectivity index (χ0v) is 17.7. The highest BCUT2D eigenvalue weighted by Gasteiger charge is 2.48. The Balaban J connectivity index is 1.42.